The van der Waals surface area contributed by atoms with Gasteiger partial charge in [-0.05, 0) is 25.1 Å². The molecular formula is C19H18FN5O. The van der Waals surface area contributed by atoms with Crippen LogP contribution in [0.15, 0.2) is 53.3 Å². The van der Waals surface area contributed by atoms with Crippen LogP contribution in [-0.4, -0.2) is 19.2 Å². The van der Waals surface area contributed by atoms with Crippen LogP contribution in [0.25, 0.3) is 16.7 Å². The van der Waals surface area contributed by atoms with Crippen LogP contribution in [0.4, 0.5) is 4.39 Å². The molecule has 0 bridgehead atoms. The molecule has 0 aliphatic carbocycles. The summed E-state index contributed by atoms with van der Waals surface area (Å²) in [5.41, 5.74) is 1.24. The zero-order valence-electron chi connectivity index (χ0n) is 14.5. The van der Waals surface area contributed by atoms with E-state index in [1.807, 2.05) is 35.6 Å². The van der Waals surface area contributed by atoms with Crippen molar-refractivity contribution in [3.8, 4) is 0 Å². The van der Waals surface area contributed by atoms with Crippen molar-refractivity contribution in [1.29, 1.82) is 0 Å². The molecular weight excluding hydrogens is 333 g/mol. The standard InChI is InChI=1S/C19H18FN5O/c1-12(13-7-3-5-9-15(13)20)21-11-17-22-23-19-24(2)18(26)14-8-4-6-10-16(14)25(17)19/h3-10,12,21H,11H2,1-2H3. The third-order valence-corrected chi connectivity index (χ3v) is 4.63. The lowest BCUT2D eigenvalue weighted by molar-refractivity contribution is 0.519. The van der Waals surface area contributed by atoms with E-state index in [-0.39, 0.29) is 17.4 Å². The lowest BCUT2D eigenvalue weighted by Gasteiger charge is -2.14. The number of aryl methyl sites for hydroxylation is 1. The molecule has 0 aliphatic rings. The second kappa shape index (κ2) is 6.34. The number of halogens is 1. The lowest BCUT2D eigenvalue weighted by atomic mass is 10.1. The number of hydrogen-bond donors (Lipinski definition) is 1. The molecule has 1 atom stereocenters. The summed E-state index contributed by atoms with van der Waals surface area (Å²) in [6.45, 7) is 2.29. The van der Waals surface area contributed by atoms with E-state index < -0.39 is 0 Å². The minimum atomic E-state index is -0.244. The maximum atomic E-state index is 14.0. The highest BCUT2D eigenvalue weighted by atomic mass is 19.1. The van der Waals surface area contributed by atoms with Gasteiger partial charge in [0.15, 0.2) is 5.82 Å². The molecule has 26 heavy (non-hydrogen) atoms. The highest BCUT2D eigenvalue weighted by molar-refractivity contribution is 5.80. The van der Waals surface area contributed by atoms with E-state index in [2.05, 4.69) is 15.5 Å². The zero-order valence-corrected chi connectivity index (χ0v) is 14.5. The molecule has 7 heteroatoms. The average molecular weight is 351 g/mol. The van der Waals surface area contributed by atoms with Gasteiger partial charge in [0.1, 0.15) is 5.82 Å². The summed E-state index contributed by atoms with van der Waals surface area (Å²) >= 11 is 0. The van der Waals surface area contributed by atoms with Gasteiger partial charge in [0.25, 0.3) is 5.56 Å². The molecule has 0 radical (unpaired) electrons. The Bertz CT molecular complexity index is 1160. The predicted octanol–water partition coefficient (Wildman–Crippen LogP) is 2.57. The second-order valence-corrected chi connectivity index (χ2v) is 6.26. The predicted molar refractivity (Wildman–Crippen MR) is 97.4 cm³/mol. The van der Waals surface area contributed by atoms with Crippen molar-refractivity contribution < 1.29 is 4.39 Å². The van der Waals surface area contributed by atoms with Crippen molar-refractivity contribution >= 4 is 16.7 Å². The van der Waals surface area contributed by atoms with Gasteiger partial charge in [-0.15, -0.1) is 10.2 Å². The third kappa shape index (κ3) is 2.57. The third-order valence-electron chi connectivity index (χ3n) is 4.63. The van der Waals surface area contributed by atoms with Crippen molar-refractivity contribution in [2.75, 3.05) is 0 Å². The summed E-state index contributed by atoms with van der Waals surface area (Å²) in [7, 11) is 1.68. The molecule has 2 aromatic heterocycles. The van der Waals surface area contributed by atoms with Crippen LogP contribution in [0.5, 0.6) is 0 Å². The fraction of sp³-hybridized carbons (Fsp3) is 0.211. The first-order chi connectivity index (χ1) is 12.6. The fourth-order valence-corrected chi connectivity index (χ4v) is 3.19. The Balaban J connectivity index is 1.74. The molecule has 0 saturated carbocycles. The van der Waals surface area contributed by atoms with Crippen LogP contribution < -0.4 is 10.9 Å². The molecule has 4 aromatic rings. The first-order valence-corrected chi connectivity index (χ1v) is 8.37. The number of hydrogen-bond acceptors (Lipinski definition) is 4. The van der Waals surface area contributed by atoms with Gasteiger partial charge in [0.05, 0.1) is 17.4 Å². The molecule has 0 aliphatic heterocycles. The molecule has 0 saturated heterocycles. The monoisotopic (exact) mass is 351 g/mol. The molecule has 1 N–H and O–H groups in total. The van der Waals surface area contributed by atoms with Crippen molar-refractivity contribution in [2.45, 2.75) is 19.5 Å². The van der Waals surface area contributed by atoms with Crippen LogP contribution in [0.3, 0.4) is 0 Å². The van der Waals surface area contributed by atoms with Crippen molar-refractivity contribution in [2.24, 2.45) is 7.05 Å². The number of benzene rings is 2. The Morgan fingerprint density at radius 1 is 1.12 bits per heavy atom. The Hall–Kier alpha value is -3.06. The SMILES string of the molecule is CC(NCc1nnc2n(C)c(=O)c3ccccc3n12)c1ccccc1F. The lowest BCUT2D eigenvalue weighted by Crippen LogP contribution is -2.23. The van der Waals surface area contributed by atoms with Crippen LogP contribution in [0, 0.1) is 5.82 Å². The number of aromatic nitrogens is 4. The van der Waals surface area contributed by atoms with Crippen LogP contribution >= 0.6 is 0 Å². The summed E-state index contributed by atoms with van der Waals surface area (Å²) < 4.78 is 17.3. The minimum absolute atomic E-state index is 0.111. The topological polar surface area (TPSA) is 64.2 Å². The van der Waals surface area contributed by atoms with Gasteiger partial charge in [0, 0.05) is 18.7 Å². The maximum absolute atomic E-state index is 14.0. The summed E-state index contributed by atoms with van der Waals surface area (Å²) in [6, 6.07) is 13.9. The van der Waals surface area contributed by atoms with Crippen molar-refractivity contribution in [1.82, 2.24) is 24.5 Å². The van der Waals surface area contributed by atoms with Gasteiger partial charge in [-0.2, -0.15) is 0 Å². The fourth-order valence-electron chi connectivity index (χ4n) is 3.19. The number of fused-ring (bicyclic) bond motifs is 3. The largest absolute Gasteiger partial charge is 0.303 e. The molecule has 0 amide bonds. The quantitative estimate of drug-likeness (QED) is 0.614. The number of rotatable bonds is 4. The molecule has 6 nitrogen and oxygen atoms in total. The van der Waals surface area contributed by atoms with Gasteiger partial charge in [-0.25, -0.2) is 4.39 Å². The second-order valence-electron chi connectivity index (χ2n) is 6.26. The Kier molecular flexibility index (Phi) is 4.00. The summed E-state index contributed by atoms with van der Waals surface area (Å²) in [4.78, 5) is 12.5. The first kappa shape index (κ1) is 16.4. The molecule has 2 aromatic carbocycles. The van der Waals surface area contributed by atoms with Gasteiger partial charge >= 0.3 is 0 Å². The highest BCUT2D eigenvalue weighted by Gasteiger charge is 2.16. The van der Waals surface area contributed by atoms with Crippen molar-refractivity contribution in [3.05, 3.63) is 76.1 Å². The Morgan fingerprint density at radius 3 is 2.65 bits per heavy atom. The number of nitrogens with one attached hydrogen (secondary N) is 1. The number of para-hydroxylation sites is 1. The van der Waals surface area contributed by atoms with E-state index >= 15 is 0 Å². The van der Waals surface area contributed by atoms with E-state index in [0.717, 1.165) is 5.52 Å². The molecule has 132 valence electrons. The summed E-state index contributed by atoms with van der Waals surface area (Å²) in [6.07, 6.45) is 0. The summed E-state index contributed by atoms with van der Waals surface area (Å²) in [5.74, 6) is 0.894. The Labute approximate surface area is 148 Å². The molecule has 0 fully saturated rings. The summed E-state index contributed by atoms with van der Waals surface area (Å²) in [5, 5.41) is 12.3. The van der Waals surface area contributed by atoms with Gasteiger partial charge in [-0.1, -0.05) is 30.3 Å². The van der Waals surface area contributed by atoms with E-state index in [9.17, 15) is 9.18 Å². The zero-order chi connectivity index (χ0) is 18.3. The molecule has 4 rings (SSSR count). The van der Waals surface area contributed by atoms with E-state index in [4.69, 9.17) is 0 Å². The molecule has 1 unspecified atom stereocenters. The number of nitrogens with zero attached hydrogens (tertiary/aromatic N) is 4. The highest BCUT2D eigenvalue weighted by Crippen LogP contribution is 2.18. The minimum Gasteiger partial charge on any atom is -0.303 e. The first-order valence-electron chi connectivity index (χ1n) is 8.37. The van der Waals surface area contributed by atoms with E-state index in [1.165, 1.54) is 10.6 Å². The van der Waals surface area contributed by atoms with E-state index in [0.29, 0.717) is 29.1 Å². The van der Waals surface area contributed by atoms with Crippen LogP contribution in [-0.2, 0) is 13.6 Å². The van der Waals surface area contributed by atoms with Gasteiger partial charge in [0.2, 0.25) is 5.78 Å². The molecule has 2 heterocycles. The maximum Gasteiger partial charge on any atom is 0.262 e. The van der Waals surface area contributed by atoms with Crippen molar-refractivity contribution in [3.63, 3.8) is 0 Å². The van der Waals surface area contributed by atoms with Gasteiger partial charge in [-0.3, -0.25) is 13.8 Å². The Morgan fingerprint density at radius 2 is 1.85 bits per heavy atom. The average Bonchev–Trinajstić information content (AvgIpc) is 3.09. The van der Waals surface area contributed by atoms with Crippen LogP contribution in [0.2, 0.25) is 0 Å². The van der Waals surface area contributed by atoms with Gasteiger partial charge < -0.3 is 5.32 Å². The smallest absolute Gasteiger partial charge is 0.262 e. The molecule has 0 spiro atoms. The van der Waals surface area contributed by atoms with E-state index in [1.54, 1.807) is 25.2 Å². The van der Waals surface area contributed by atoms with Crippen LogP contribution in [0.1, 0.15) is 24.4 Å². The normalized spacial score (nSPS) is 12.7.